The van der Waals surface area contributed by atoms with Crippen molar-refractivity contribution in [3.05, 3.63) is 59.9 Å². The zero-order valence-electron chi connectivity index (χ0n) is 12.3. The van der Waals surface area contributed by atoms with E-state index in [0.717, 1.165) is 10.9 Å². The zero-order chi connectivity index (χ0) is 16.2. The Kier molecular flexibility index (Phi) is 4.52. The quantitative estimate of drug-likeness (QED) is 0.405. The first kappa shape index (κ1) is 15.4. The molecule has 2 aromatic carbocycles. The number of para-hydroxylation sites is 1. The lowest BCUT2D eigenvalue weighted by atomic mass is 10.1. The summed E-state index contributed by atoms with van der Waals surface area (Å²) in [5.41, 5.74) is 1.16. The van der Waals surface area contributed by atoms with Crippen LogP contribution in [0.5, 0.6) is 5.88 Å². The topological polar surface area (TPSA) is 52.1 Å². The summed E-state index contributed by atoms with van der Waals surface area (Å²) in [4.78, 5) is 20.8. The number of ketones is 1. The summed E-state index contributed by atoms with van der Waals surface area (Å²) in [5, 5.41) is 1.32. The molecule has 0 aliphatic rings. The Balaban J connectivity index is 1.83. The van der Waals surface area contributed by atoms with Gasteiger partial charge in [-0.1, -0.05) is 23.9 Å². The predicted octanol–water partition coefficient (Wildman–Crippen LogP) is 3.75. The van der Waals surface area contributed by atoms with Gasteiger partial charge in [-0.15, -0.1) is 0 Å². The zero-order valence-corrected chi connectivity index (χ0v) is 13.1. The summed E-state index contributed by atoms with van der Waals surface area (Å²) in [6, 6.07) is 12.8. The fourth-order valence-corrected chi connectivity index (χ4v) is 2.45. The van der Waals surface area contributed by atoms with Gasteiger partial charge < -0.3 is 4.74 Å². The van der Waals surface area contributed by atoms with Crippen molar-refractivity contribution in [2.45, 2.75) is 5.16 Å². The van der Waals surface area contributed by atoms with Gasteiger partial charge in [0.1, 0.15) is 5.82 Å². The standard InChI is InChI=1S/C17H13FN2O2S/c1-23-17-19-14-5-3-2-4-13(14)16(20-17)22-10-15(21)11-6-8-12(18)9-7-11/h2-9H,10H2,1H3. The summed E-state index contributed by atoms with van der Waals surface area (Å²) in [5.74, 6) is -0.248. The molecule has 0 bridgehead atoms. The van der Waals surface area contributed by atoms with Crippen molar-refractivity contribution >= 4 is 28.4 Å². The van der Waals surface area contributed by atoms with Crippen LogP contribution in [0.15, 0.2) is 53.7 Å². The van der Waals surface area contributed by atoms with Crippen LogP contribution in [0, 0.1) is 5.82 Å². The summed E-state index contributed by atoms with van der Waals surface area (Å²) < 4.78 is 18.5. The molecule has 0 aliphatic heterocycles. The second-order valence-corrected chi connectivity index (χ2v) is 5.52. The first-order valence-corrected chi connectivity index (χ1v) is 8.12. The maximum Gasteiger partial charge on any atom is 0.225 e. The first-order valence-electron chi connectivity index (χ1n) is 6.89. The largest absolute Gasteiger partial charge is 0.469 e. The summed E-state index contributed by atoms with van der Waals surface area (Å²) in [6.07, 6.45) is 1.87. The van der Waals surface area contributed by atoms with Crippen molar-refractivity contribution in [3.63, 3.8) is 0 Å². The molecule has 3 rings (SSSR count). The monoisotopic (exact) mass is 328 g/mol. The van der Waals surface area contributed by atoms with E-state index < -0.39 is 0 Å². The molecule has 0 N–H and O–H groups in total. The number of hydrogen-bond acceptors (Lipinski definition) is 5. The van der Waals surface area contributed by atoms with Gasteiger partial charge in [0.05, 0.1) is 10.9 Å². The van der Waals surface area contributed by atoms with Gasteiger partial charge in [-0.05, 0) is 42.7 Å². The van der Waals surface area contributed by atoms with Crippen molar-refractivity contribution in [2.75, 3.05) is 12.9 Å². The Labute approximate surface area is 136 Å². The molecule has 0 radical (unpaired) electrons. The molecule has 3 aromatic rings. The number of fused-ring (bicyclic) bond motifs is 1. The van der Waals surface area contributed by atoms with Gasteiger partial charge in [-0.3, -0.25) is 4.79 Å². The highest BCUT2D eigenvalue weighted by Crippen LogP contribution is 2.25. The van der Waals surface area contributed by atoms with E-state index in [-0.39, 0.29) is 18.2 Å². The van der Waals surface area contributed by atoms with Crippen molar-refractivity contribution in [2.24, 2.45) is 0 Å². The second-order valence-electron chi connectivity index (χ2n) is 4.75. The number of carbonyl (C=O) groups is 1. The van der Waals surface area contributed by atoms with Gasteiger partial charge in [-0.25, -0.2) is 9.37 Å². The molecule has 0 unspecified atom stereocenters. The third-order valence-corrected chi connectivity index (χ3v) is 3.78. The fraction of sp³-hybridized carbons (Fsp3) is 0.118. The van der Waals surface area contributed by atoms with E-state index in [0.29, 0.717) is 16.6 Å². The Bertz CT molecular complexity index is 853. The van der Waals surface area contributed by atoms with Gasteiger partial charge in [0.2, 0.25) is 5.88 Å². The maximum atomic E-state index is 12.9. The lowest BCUT2D eigenvalue weighted by Crippen LogP contribution is -2.12. The molecular formula is C17H13FN2O2S. The molecule has 0 saturated heterocycles. The Hall–Kier alpha value is -2.47. The molecule has 1 heterocycles. The lowest BCUT2D eigenvalue weighted by molar-refractivity contribution is 0.0918. The Morgan fingerprint density at radius 3 is 2.61 bits per heavy atom. The van der Waals surface area contributed by atoms with Crippen LogP contribution in [-0.4, -0.2) is 28.6 Å². The average Bonchev–Trinajstić information content (AvgIpc) is 2.59. The van der Waals surface area contributed by atoms with Gasteiger partial charge in [0, 0.05) is 5.56 Å². The number of halogens is 1. The number of carbonyl (C=O) groups excluding carboxylic acids is 1. The SMILES string of the molecule is CSc1nc(OCC(=O)c2ccc(F)cc2)c2ccccc2n1. The molecule has 0 saturated carbocycles. The highest BCUT2D eigenvalue weighted by Gasteiger charge is 2.12. The van der Waals surface area contributed by atoms with Gasteiger partial charge in [0.25, 0.3) is 0 Å². The molecule has 0 fully saturated rings. The Morgan fingerprint density at radius 2 is 1.87 bits per heavy atom. The number of nitrogens with zero attached hydrogens (tertiary/aromatic N) is 2. The van der Waals surface area contributed by atoms with E-state index >= 15 is 0 Å². The third-order valence-electron chi connectivity index (χ3n) is 3.24. The van der Waals surface area contributed by atoms with Crippen LogP contribution in [0.1, 0.15) is 10.4 Å². The number of rotatable bonds is 5. The fourth-order valence-electron chi connectivity index (χ4n) is 2.08. The van der Waals surface area contributed by atoms with Crippen molar-refractivity contribution in [1.29, 1.82) is 0 Å². The van der Waals surface area contributed by atoms with Crippen LogP contribution in [0.4, 0.5) is 4.39 Å². The minimum atomic E-state index is -0.381. The third kappa shape index (κ3) is 3.48. The highest BCUT2D eigenvalue weighted by molar-refractivity contribution is 7.98. The molecule has 6 heteroatoms. The number of thioether (sulfide) groups is 1. The van der Waals surface area contributed by atoms with E-state index in [1.807, 2.05) is 30.5 Å². The lowest BCUT2D eigenvalue weighted by Gasteiger charge is -2.09. The smallest absolute Gasteiger partial charge is 0.225 e. The van der Waals surface area contributed by atoms with E-state index in [2.05, 4.69) is 9.97 Å². The van der Waals surface area contributed by atoms with Crippen LogP contribution in [-0.2, 0) is 0 Å². The average molecular weight is 328 g/mol. The van der Waals surface area contributed by atoms with Crippen molar-refractivity contribution in [1.82, 2.24) is 9.97 Å². The number of ether oxygens (including phenoxy) is 1. The van der Waals surface area contributed by atoms with Crippen LogP contribution < -0.4 is 4.74 Å². The van der Waals surface area contributed by atoms with E-state index in [9.17, 15) is 9.18 Å². The van der Waals surface area contributed by atoms with Gasteiger partial charge in [0.15, 0.2) is 17.5 Å². The van der Waals surface area contributed by atoms with Crippen LogP contribution >= 0.6 is 11.8 Å². The molecular weight excluding hydrogens is 315 g/mol. The molecule has 0 aliphatic carbocycles. The summed E-state index contributed by atoms with van der Waals surface area (Å²) >= 11 is 1.40. The molecule has 0 spiro atoms. The predicted molar refractivity (Wildman–Crippen MR) is 87.5 cm³/mol. The maximum absolute atomic E-state index is 12.9. The van der Waals surface area contributed by atoms with E-state index in [4.69, 9.17) is 4.74 Å². The van der Waals surface area contributed by atoms with Crippen LogP contribution in [0.2, 0.25) is 0 Å². The molecule has 1 aromatic heterocycles. The molecule has 0 atom stereocenters. The number of hydrogen-bond donors (Lipinski definition) is 0. The number of aromatic nitrogens is 2. The van der Waals surface area contributed by atoms with Crippen LogP contribution in [0.3, 0.4) is 0 Å². The summed E-state index contributed by atoms with van der Waals surface area (Å²) in [6.45, 7) is -0.166. The van der Waals surface area contributed by atoms with Gasteiger partial charge in [-0.2, -0.15) is 4.98 Å². The van der Waals surface area contributed by atoms with Crippen molar-refractivity contribution in [3.8, 4) is 5.88 Å². The molecule has 23 heavy (non-hydrogen) atoms. The van der Waals surface area contributed by atoms with E-state index in [1.54, 1.807) is 0 Å². The minimum absolute atomic E-state index is 0.166. The second kappa shape index (κ2) is 6.75. The number of Topliss-reactive ketones (excluding diaryl/α,β-unsaturated/α-hetero) is 1. The normalized spacial score (nSPS) is 10.7. The minimum Gasteiger partial charge on any atom is -0.469 e. The highest BCUT2D eigenvalue weighted by atomic mass is 32.2. The summed E-state index contributed by atoms with van der Waals surface area (Å²) in [7, 11) is 0. The van der Waals surface area contributed by atoms with Crippen LogP contribution in [0.25, 0.3) is 10.9 Å². The Morgan fingerprint density at radius 1 is 1.13 bits per heavy atom. The molecule has 116 valence electrons. The van der Waals surface area contributed by atoms with E-state index in [1.165, 1.54) is 36.0 Å². The molecule has 0 amide bonds. The first-order chi connectivity index (χ1) is 11.2. The number of benzene rings is 2. The molecule has 4 nitrogen and oxygen atoms in total. The van der Waals surface area contributed by atoms with Gasteiger partial charge >= 0.3 is 0 Å². The van der Waals surface area contributed by atoms with Crippen molar-refractivity contribution < 1.29 is 13.9 Å².